The second-order valence-electron chi connectivity index (χ2n) is 4.36. The first-order chi connectivity index (χ1) is 8.70. The maximum atomic E-state index is 5.01. The highest BCUT2D eigenvalue weighted by Gasteiger charge is 2.10. The Hall–Kier alpha value is -0.520. The van der Waals surface area contributed by atoms with Gasteiger partial charge in [0.05, 0.1) is 18.8 Å². The van der Waals surface area contributed by atoms with Crippen molar-refractivity contribution in [2.75, 3.05) is 38.8 Å². The van der Waals surface area contributed by atoms with E-state index in [1.54, 1.807) is 7.11 Å². The third-order valence-electron chi connectivity index (χ3n) is 3.07. The summed E-state index contributed by atoms with van der Waals surface area (Å²) in [7, 11) is 1.73. The van der Waals surface area contributed by atoms with Crippen LogP contribution in [0.3, 0.4) is 0 Å². The summed E-state index contributed by atoms with van der Waals surface area (Å²) in [5.74, 6) is 1.12. The van der Waals surface area contributed by atoms with Gasteiger partial charge in [0, 0.05) is 25.1 Å². The van der Waals surface area contributed by atoms with E-state index in [0.29, 0.717) is 0 Å². The molecule has 0 aliphatic rings. The van der Waals surface area contributed by atoms with Crippen LogP contribution < -0.4 is 5.32 Å². The van der Waals surface area contributed by atoms with Crippen LogP contribution in [0.1, 0.15) is 17.0 Å². The van der Waals surface area contributed by atoms with Gasteiger partial charge in [0.2, 0.25) is 0 Å². The lowest BCUT2D eigenvalue weighted by atomic mass is 10.1. The molecule has 5 heteroatoms. The molecule has 0 amide bonds. The maximum absolute atomic E-state index is 5.01. The number of rotatable bonds is 9. The van der Waals surface area contributed by atoms with E-state index >= 15 is 0 Å². The molecule has 1 aromatic heterocycles. The first-order valence-electron chi connectivity index (χ1n) is 6.42. The quantitative estimate of drug-likeness (QED) is 0.693. The van der Waals surface area contributed by atoms with Crippen LogP contribution in [0.5, 0.6) is 0 Å². The molecule has 0 aliphatic carbocycles. The number of methoxy groups -OCH3 is 1. The van der Waals surface area contributed by atoms with Gasteiger partial charge in [-0.05, 0) is 38.6 Å². The Kier molecular flexibility index (Phi) is 7.39. The minimum atomic E-state index is 0.769. The maximum Gasteiger partial charge on any atom is 0.0628 e. The van der Waals surface area contributed by atoms with Gasteiger partial charge in [-0.15, -0.1) is 0 Å². The lowest BCUT2D eigenvalue weighted by Gasteiger charge is -2.06. The molecule has 0 aliphatic heterocycles. The zero-order valence-corrected chi connectivity index (χ0v) is 12.8. The van der Waals surface area contributed by atoms with Gasteiger partial charge in [-0.3, -0.25) is 4.68 Å². The van der Waals surface area contributed by atoms with E-state index < -0.39 is 0 Å². The Bertz CT molecular complexity index is 352. The zero-order valence-electron chi connectivity index (χ0n) is 12.0. The lowest BCUT2D eigenvalue weighted by molar-refractivity contribution is 0.199. The Labute approximate surface area is 114 Å². The molecule has 0 radical (unpaired) electrons. The van der Waals surface area contributed by atoms with Crippen LogP contribution in [0.15, 0.2) is 0 Å². The predicted octanol–water partition coefficient (Wildman–Crippen LogP) is 1.64. The molecule has 0 saturated carbocycles. The summed E-state index contributed by atoms with van der Waals surface area (Å²) in [6, 6.07) is 0. The molecular formula is C13H25N3OS. The van der Waals surface area contributed by atoms with E-state index in [4.69, 9.17) is 4.74 Å². The number of hydrogen-bond acceptors (Lipinski definition) is 4. The molecule has 0 spiro atoms. The third kappa shape index (κ3) is 4.63. The average Bonchev–Trinajstić information content (AvgIpc) is 2.63. The molecule has 0 atom stereocenters. The van der Waals surface area contributed by atoms with E-state index in [1.807, 2.05) is 11.8 Å². The highest BCUT2D eigenvalue weighted by Crippen LogP contribution is 2.13. The Morgan fingerprint density at radius 2 is 2.11 bits per heavy atom. The van der Waals surface area contributed by atoms with Crippen LogP contribution in [0.25, 0.3) is 0 Å². The van der Waals surface area contributed by atoms with Crippen molar-refractivity contribution in [1.29, 1.82) is 0 Å². The van der Waals surface area contributed by atoms with Gasteiger partial charge in [-0.25, -0.2) is 0 Å². The highest BCUT2D eigenvalue weighted by atomic mass is 32.2. The van der Waals surface area contributed by atoms with E-state index in [0.717, 1.165) is 38.4 Å². The van der Waals surface area contributed by atoms with Crippen LogP contribution in [-0.4, -0.2) is 48.6 Å². The molecular weight excluding hydrogens is 246 g/mol. The largest absolute Gasteiger partial charge is 0.383 e. The van der Waals surface area contributed by atoms with Gasteiger partial charge in [0.1, 0.15) is 0 Å². The summed E-state index contributed by atoms with van der Waals surface area (Å²) in [6.07, 6.45) is 3.17. The van der Waals surface area contributed by atoms with Crippen LogP contribution >= 0.6 is 11.8 Å². The van der Waals surface area contributed by atoms with Crippen LogP contribution in [0, 0.1) is 13.8 Å². The van der Waals surface area contributed by atoms with Crippen LogP contribution in [0.2, 0.25) is 0 Å². The molecule has 104 valence electrons. The lowest BCUT2D eigenvalue weighted by Crippen LogP contribution is -2.22. The van der Waals surface area contributed by atoms with Crippen molar-refractivity contribution < 1.29 is 4.74 Å². The van der Waals surface area contributed by atoms with Crippen molar-refractivity contribution in [3.63, 3.8) is 0 Å². The molecule has 18 heavy (non-hydrogen) atoms. The van der Waals surface area contributed by atoms with Crippen molar-refractivity contribution in [1.82, 2.24) is 15.1 Å². The van der Waals surface area contributed by atoms with Crippen LogP contribution in [0.4, 0.5) is 0 Å². The molecule has 1 aromatic rings. The second kappa shape index (κ2) is 8.56. The Morgan fingerprint density at radius 3 is 2.78 bits per heavy atom. The number of nitrogens with one attached hydrogen (secondary N) is 1. The number of aryl methyl sites for hydroxylation is 2. The molecule has 0 bridgehead atoms. The molecule has 0 saturated heterocycles. The summed E-state index contributed by atoms with van der Waals surface area (Å²) in [5.41, 5.74) is 3.87. The molecule has 4 nitrogen and oxygen atoms in total. The van der Waals surface area contributed by atoms with Gasteiger partial charge in [-0.2, -0.15) is 16.9 Å². The van der Waals surface area contributed by atoms with E-state index in [1.165, 1.54) is 17.0 Å². The fourth-order valence-electron chi connectivity index (χ4n) is 2.00. The van der Waals surface area contributed by atoms with Gasteiger partial charge < -0.3 is 10.1 Å². The van der Waals surface area contributed by atoms with E-state index in [2.05, 4.69) is 35.2 Å². The minimum Gasteiger partial charge on any atom is -0.383 e. The first-order valence-corrected chi connectivity index (χ1v) is 7.81. The number of nitrogens with zero attached hydrogens (tertiary/aromatic N) is 2. The van der Waals surface area contributed by atoms with Crippen molar-refractivity contribution in [3.05, 3.63) is 17.0 Å². The minimum absolute atomic E-state index is 0.769. The predicted molar refractivity (Wildman–Crippen MR) is 78.5 cm³/mol. The SMILES string of the molecule is COCCNCCc1c(C)nn(CCSC)c1C. The van der Waals surface area contributed by atoms with Crippen molar-refractivity contribution in [3.8, 4) is 0 Å². The molecule has 0 aromatic carbocycles. The van der Waals surface area contributed by atoms with Crippen LogP contribution in [-0.2, 0) is 17.7 Å². The molecule has 0 fully saturated rings. The van der Waals surface area contributed by atoms with Gasteiger partial charge >= 0.3 is 0 Å². The zero-order chi connectivity index (χ0) is 13.4. The van der Waals surface area contributed by atoms with E-state index in [9.17, 15) is 0 Å². The fraction of sp³-hybridized carbons (Fsp3) is 0.769. The van der Waals surface area contributed by atoms with Gasteiger partial charge in [-0.1, -0.05) is 0 Å². The summed E-state index contributed by atoms with van der Waals surface area (Å²) < 4.78 is 7.14. The fourth-order valence-corrected chi connectivity index (χ4v) is 2.36. The molecule has 1 heterocycles. The van der Waals surface area contributed by atoms with E-state index in [-0.39, 0.29) is 0 Å². The average molecular weight is 271 g/mol. The highest BCUT2D eigenvalue weighted by molar-refractivity contribution is 7.98. The molecule has 1 rings (SSSR count). The first kappa shape index (κ1) is 15.5. The Morgan fingerprint density at radius 1 is 1.33 bits per heavy atom. The summed E-state index contributed by atoms with van der Waals surface area (Å²) in [5, 5.41) is 7.99. The molecule has 0 unspecified atom stereocenters. The van der Waals surface area contributed by atoms with Gasteiger partial charge in [0.15, 0.2) is 0 Å². The second-order valence-corrected chi connectivity index (χ2v) is 5.34. The monoisotopic (exact) mass is 271 g/mol. The van der Waals surface area contributed by atoms with Gasteiger partial charge in [0.25, 0.3) is 0 Å². The smallest absolute Gasteiger partial charge is 0.0628 e. The van der Waals surface area contributed by atoms with Crippen molar-refractivity contribution >= 4 is 11.8 Å². The Balaban J connectivity index is 2.46. The normalized spacial score (nSPS) is 11.1. The number of hydrogen-bond donors (Lipinski definition) is 1. The number of ether oxygens (including phenoxy) is 1. The summed E-state index contributed by atoms with van der Waals surface area (Å²) in [6.45, 7) is 7.95. The number of aromatic nitrogens is 2. The van der Waals surface area contributed by atoms with Crippen molar-refractivity contribution in [2.24, 2.45) is 0 Å². The third-order valence-corrected chi connectivity index (χ3v) is 3.66. The van der Waals surface area contributed by atoms with Crippen molar-refractivity contribution in [2.45, 2.75) is 26.8 Å². The number of thioether (sulfide) groups is 1. The summed E-state index contributed by atoms with van der Waals surface area (Å²) in [4.78, 5) is 0. The topological polar surface area (TPSA) is 39.1 Å². The summed E-state index contributed by atoms with van der Waals surface area (Å²) >= 11 is 1.86. The standard InChI is InChI=1S/C13H25N3OS/c1-11-13(5-6-14-7-9-17-3)12(2)16(15-11)8-10-18-4/h14H,5-10H2,1-4H3. The molecule has 1 N–H and O–H groups in total.